The Kier molecular flexibility index (Phi) is 9.22. The predicted octanol–water partition coefficient (Wildman–Crippen LogP) is -0.321. The second-order valence-electron chi connectivity index (χ2n) is 4.15. The number of nitrogens with zero attached hydrogens (tertiary/aromatic N) is 2. The van der Waals surface area contributed by atoms with Gasteiger partial charge in [-0.3, -0.25) is 14.5 Å². The Bertz CT molecular complexity index is 259. The van der Waals surface area contributed by atoms with Gasteiger partial charge >= 0.3 is 5.97 Å². The van der Waals surface area contributed by atoms with E-state index in [1.165, 1.54) is 7.11 Å². The highest BCUT2D eigenvalue weighted by Gasteiger charge is 2.14. The molecule has 0 atom stereocenters. The molecule has 0 aliphatic carbocycles. The molecule has 0 aliphatic rings. The summed E-state index contributed by atoms with van der Waals surface area (Å²) in [5.74, 6) is -0.201. The summed E-state index contributed by atoms with van der Waals surface area (Å²) in [6.07, 6.45) is 1.11. The van der Waals surface area contributed by atoms with Gasteiger partial charge in [0.15, 0.2) is 0 Å². The molecule has 0 unspecified atom stereocenters. The van der Waals surface area contributed by atoms with E-state index in [0.29, 0.717) is 32.6 Å². The van der Waals surface area contributed by atoms with E-state index < -0.39 is 0 Å². The number of methoxy groups -OCH3 is 1. The molecule has 0 rings (SSSR count). The molecule has 0 radical (unpaired) electrons. The Morgan fingerprint density at radius 1 is 1.28 bits per heavy atom. The minimum absolute atomic E-state index is 0.0511. The summed E-state index contributed by atoms with van der Waals surface area (Å²) < 4.78 is 4.58. The molecule has 0 fully saturated rings. The van der Waals surface area contributed by atoms with E-state index >= 15 is 0 Å². The number of carbonyl (C=O) groups is 2. The number of hydrogen-bond donors (Lipinski definition) is 1. The molecule has 0 aromatic heterocycles. The van der Waals surface area contributed by atoms with Crippen LogP contribution in [0.1, 0.15) is 19.8 Å². The molecule has 0 aromatic carbocycles. The maximum Gasteiger partial charge on any atom is 0.306 e. The van der Waals surface area contributed by atoms with E-state index in [2.05, 4.69) is 4.74 Å². The van der Waals surface area contributed by atoms with Crippen LogP contribution in [0.25, 0.3) is 0 Å². The fraction of sp³-hybridized carbons (Fsp3) is 0.833. The van der Waals surface area contributed by atoms with Crippen molar-refractivity contribution in [3.8, 4) is 0 Å². The Morgan fingerprint density at radius 3 is 2.44 bits per heavy atom. The minimum Gasteiger partial charge on any atom is -0.469 e. The van der Waals surface area contributed by atoms with Crippen molar-refractivity contribution in [2.45, 2.75) is 19.8 Å². The topological polar surface area (TPSA) is 75.9 Å². The highest BCUT2D eigenvalue weighted by Crippen LogP contribution is 1.96. The minimum atomic E-state index is -0.252. The zero-order valence-corrected chi connectivity index (χ0v) is 11.6. The van der Waals surface area contributed by atoms with Crippen LogP contribution < -0.4 is 5.73 Å². The molecule has 1 amide bonds. The van der Waals surface area contributed by atoms with Gasteiger partial charge in [-0.05, 0) is 19.5 Å². The molecule has 0 saturated heterocycles. The van der Waals surface area contributed by atoms with Crippen molar-refractivity contribution >= 4 is 11.9 Å². The monoisotopic (exact) mass is 259 g/mol. The summed E-state index contributed by atoms with van der Waals surface area (Å²) in [7, 11) is 3.14. The Hall–Kier alpha value is -1.14. The van der Waals surface area contributed by atoms with Gasteiger partial charge < -0.3 is 15.4 Å². The predicted molar refractivity (Wildman–Crippen MR) is 70.1 cm³/mol. The Labute approximate surface area is 109 Å². The van der Waals surface area contributed by atoms with Crippen LogP contribution in [0.5, 0.6) is 0 Å². The number of esters is 1. The first-order valence-corrected chi connectivity index (χ1v) is 6.28. The SMILES string of the molecule is CCN(CCC(=O)OC)CC(=O)N(C)CCCN. The summed E-state index contributed by atoms with van der Waals surface area (Å²) in [5, 5.41) is 0. The van der Waals surface area contributed by atoms with Crippen molar-refractivity contribution in [3.63, 3.8) is 0 Å². The van der Waals surface area contributed by atoms with Crippen molar-refractivity contribution in [2.24, 2.45) is 5.73 Å². The van der Waals surface area contributed by atoms with Crippen molar-refractivity contribution in [3.05, 3.63) is 0 Å². The van der Waals surface area contributed by atoms with Crippen molar-refractivity contribution < 1.29 is 14.3 Å². The number of nitrogens with two attached hydrogens (primary N) is 1. The third kappa shape index (κ3) is 7.24. The number of ether oxygens (including phenoxy) is 1. The van der Waals surface area contributed by atoms with Gasteiger partial charge in [0.1, 0.15) is 0 Å². The summed E-state index contributed by atoms with van der Waals surface area (Å²) in [5.41, 5.74) is 5.40. The lowest BCUT2D eigenvalue weighted by atomic mass is 10.3. The van der Waals surface area contributed by atoms with Gasteiger partial charge in [0.2, 0.25) is 5.91 Å². The van der Waals surface area contributed by atoms with Gasteiger partial charge in [0.05, 0.1) is 20.1 Å². The van der Waals surface area contributed by atoms with Crippen molar-refractivity contribution in [1.82, 2.24) is 9.80 Å². The lowest BCUT2D eigenvalue weighted by molar-refractivity contribution is -0.141. The summed E-state index contributed by atoms with van der Waals surface area (Å²) in [6.45, 7) is 4.81. The van der Waals surface area contributed by atoms with Crippen LogP contribution in [-0.2, 0) is 14.3 Å². The molecule has 0 aliphatic heterocycles. The molecule has 0 heterocycles. The molecule has 6 nitrogen and oxygen atoms in total. The number of hydrogen-bond acceptors (Lipinski definition) is 5. The number of rotatable bonds is 9. The van der Waals surface area contributed by atoms with Gasteiger partial charge in [-0.1, -0.05) is 6.92 Å². The second kappa shape index (κ2) is 9.85. The first-order chi connectivity index (χ1) is 8.54. The van der Waals surface area contributed by atoms with Crippen LogP contribution in [0.15, 0.2) is 0 Å². The number of carbonyl (C=O) groups excluding carboxylic acids is 2. The smallest absolute Gasteiger partial charge is 0.306 e. The Balaban J connectivity index is 4.02. The van der Waals surface area contributed by atoms with Crippen molar-refractivity contribution in [1.29, 1.82) is 0 Å². The lowest BCUT2D eigenvalue weighted by Gasteiger charge is -2.23. The number of amides is 1. The first kappa shape index (κ1) is 16.9. The standard InChI is InChI=1S/C12H25N3O3/c1-4-15(9-6-12(17)18-3)10-11(16)14(2)8-5-7-13/h4-10,13H2,1-3H3. The van der Waals surface area contributed by atoms with Gasteiger partial charge in [0, 0.05) is 20.1 Å². The summed E-state index contributed by atoms with van der Waals surface area (Å²) in [4.78, 5) is 26.5. The molecule has 0 spiro atoms. The molecule has 0 bridgehead atoms. The Morgan fingerprint density at radius 2 is 1.94 bits per heavy atom. The molecular formula is C12H25N3O3. The normalized spacial score (nSPS) is 10.5. The van der Waals surface area contributed by atoms with Crippen LogP contribution in [0, 0.1) is 0 Å². The highest BCUT2D eigenvalue weighted by molar-refractivity contribution is 5.78. The third-order valence-electron chi connectivity index (χ3n) is 2.79. The van der Waals surface area contributed by atoms with E-state index in [0.717, 1.165) is 13.0 Å². The van der Waals surface area contributed by atoms with E-state index in [9.17, 15) is 9.59 Å². The average Bonchev–Trinajstić information content (AvgIpc) is 2.39. The lowest BCUT2D eigenvalue weighted by Crippen LogP contribution is -2.40. The van der Waals surface area contributed by atoms with Crippen LogP contribution in [-0.4, -0.2) is 68.6 Å². The molecule has 2 N–H and O–H groups in total. The summed E-state index contributed by atoms with van der Waals surface area (Å²) >= 11 is 0. The molecule has 6 heteroatoms. The molecule has 0 saturated carbocycles. The van der Waals surface area contributed by atoms with E-state index in [-0.39, 0.29) is 11.9 Å². The van der Waals surface area contributed by atoms with E-state index in [1.54, 1.807) is 11.9 Å². The van der Waals surface area contributed by atoms with Crippen LogP contribution in [0.2, 0.25) is 0 Å². The quantitative estimate of drug-likeness (QED) is 0.574. The van der Waals surface area contributed by atoms with Crippen LogP contribution >= 0.6 is 0 Å². The maximum absolute atomic E-state index is 11.9. The zero-order valence-electron chi connectivity index (χ0n) is 11.6. The fourth-order valence-electron chi connectivity index (χ4n) is 1.47. The first-order valence-electron chi connectivity index (χ1n) is 6.28. The average molecular weight is 259 g/mol. The van der Waals surface area contributed by atoms with E-state index in [4.69, 9.17) is 5.73 Å². The van der Waals surface area contributed by atoms with Gasteiger partial charge in [-0.15, -0.1) is 0 Å². The van der Waals surface area contributed by atoms with E-state index in [1.807, 2.05) is 11.8 Å². The van der Waals surface area contributed by atoms with Crippen LogP contribution in [0.4, 0.5) is 0 Å². The van der Waals surface area contributed by atoms with Crippen molar-refractivity contribution in [2.75, 3.05) is 46.9 Å². The van der Waals surface area contributed by atoms with Crippen LogP contribution in [0.3, 0.4) is 0 Å². The second-order valence-corrected chi connectivity index (χ2v) is 4.15. The summed E-state index contributed by atoms with van der Waals surface area (Å²) in [6, 6.07) is 0. The molecule has 0 aromatic rings. The molecular weight excluding hydrogens is 234 g/mol. The largest absolute Gasteiger partial charge is 0.469 e. The van der Waals surface area contributed by atoms with Gasteiger partial charge in [0.25, 0.3) is 0 Å². The zero-order chi connectivity index (χ0) is 14.0. The maximum atomic E-state index is 11.9. The number of likely N-dealkylation sites (N-methyl/N-ethyl adjacent to an activating group) is 2. The third-order valence-corrected chi connectivity index (χ3v) is 2.79. The van der Waals surface area contributed by atoms with Gasteiger partial charge in [-0.2, -0.15) is 0 Å². The molecule has 18 heavy (non-hydrogen) atoms. The van der Waals surface area contributed by atoms with Gasteiger partial charge in [-0.25, -0.2) is 0 Å². The highest BCUT2D eigenvalue weighted by atomic mass is 16.5. The molecule has 106 valence electrons. The fourth-order valence-corrected chi connectivity index (χ4v) is 1.47.